The van der Waals surface area contributed by atoms with Gasteiger partial charge in [-0.15, -0.1) is 0 Å². The summed E-state index contributed by atoms with van der Waals surface area (Å²) >= 11 is 0. The van der Waals surface area contributed by atoms with E-state index in [2.05, 4.69) is 4.74 Å². The van der Waals surface area contributed by atoms with Gasteiger partial charge in [0.25, 0.3) is 0 Å². The van der Waals surface area contributed by atoms with E-state index in [-0.39, 0.29) is 5.97 Å². The van der Waals surface area contributed by atoms with Gasteiger partial charge in [-0.1, -0.05) is 12.5 Å². The van der Waals surface area contributed by atoms with Crippen molar-refractivity contribution in [3.63, 3.8) is 0 Å². The molecule has 0 bridgehead atoms. The number of rotatable bonds is 2. The molecular weight excluding hydrogens is 190 g/mol. The molecule has 0 spiro atoms. The maximum Gasteiger partial charge on any atom is 0.339 e. The third kappa shape index (κ3) is 1.82. The molecule has 0 aliphatic heterocycles. The molecular formula is C12H15NO2. The van der Waals surface area contributed by atoms with Gasteiger partial charge in [0.05, 0.1) is 12.7 Å². The average Bonchev–Trinajstić information content (AvgIpc) is 2.14. The van der Waals surface area contributed by atoms with Crippen molar-refractivity contribution in [3.8, 4) is 0 Å². The number of carbonyl (C=O) groups excluding carboxylic acids is 1. The number of anilines is 1. The van der Waals surface area contributed by atoms with Crippen LogP contribution in [-0.4, -0.2) is 13.1 Å². The molecule has 1 fully saturated rings. The monoisotopic (exact) mass is 205 g/mol. The Labute approximate surface area is 89.2 Å². The fraction of sp³-hybridized carbons (Fsp3) is 0.417. The number of nitrogen functional groups attached to an aromatic ring is 1. The molecule has 3 nitrogen and oxygen atoms in total. The summed E-state index contributed by atoms with van der Waals surface area (Å²) in [6.45, 7) is 0. The summed E-state index contributed by atoms with van der Waals surface area (Å²) in [4.78, 5) is 11.3. The topological polar surface area (TPSA) is 52.3 Å². The zero-order chi connectivity index (χ0) is 10.8. The lowest BCUT2D eigenvalue weighted by Gasteiger charge is -2.26. The molecule has 1 aliphatic carbocycles. The average molecular weight is 205 g/mol. The fourth-order valence-electron chi connectivity index (χ4n) is 1.87. The van der Waals surface area contributed by atoms with Crippen molar-refractivity contribution in [2.45, 2.75) is 25.2 Å². The van der Waals surface area contributed by atoms with Gasteiger partial charge in [-0.25, -0.2) is 4.79 Å². The molecule has 15 heavy (non-hydrogen) atoms. The number of methoxy groups -OCH3 is 1. The molecule has 0 radical (unpaired) electrons. The number of ether oxygens (including phenoxy) is 1. The summed E-state index contributed by atoms with van der Waals surface area (Å²) in [6.07, 6.45) is 3.76. The van der Waals surface area contributed by atoms with Crippen LogP contribution in [0.4, 0.5) is 5.69 Å². The largest absolute Gasteiger partial charge is 0.465 e. The Bertz CT molecular complexity index is 383. The number of hydrogen-bond acceptors (Lipinski definition) is 3. The van der Waals surface area contributed by atoms with Crippen LogP contribution in [0.15, 0.2) is 18.2 Å². The minimum Gasteiger partial charge on any atom is -0.465 e. The first kappa shape index (κ1) is 10.0. The van der Waals surface area contributed by atoms with Gasteiger partial charge in [-0.05, 0) is 36.5 Å². The van der Waals surface area contributed by atoms with Crippen molar-refractivity contribution < 1.29 is 9.53 Å². The van der Waals surface area contributed by atoms with Crippen LogP contribution in [-0.2, 0) is 4.74 Å². The summed E-state index contributed by atoms with van der Waals surface area (Å²) in [6, 6.07) is 5.64. The van der Waals surface area contributed by atoms with Crippen LogP contribution in [0.1, 0.15) is 41.1 Å². The molecule has 80 valence electrons. The van der Waals surface area contributed by atoms with Gasteiger partial charge in [0.2, 0.25) is 0 Å². The number of carbonyl (C=O) groups is 1. The van der Waals surface area contributed by atoms with Crippen LogP contribution in [0, 0.1) is 0 Å². The van der Waals surface area contributed by atoms with Crippen LogP contribution in [0.5, 0.6) is 0 Å². The van der Waals surface area contributed by atoms with Gasteiger partial charge in [-0.2, -0.15) is 0 Å². The molecule has 1 aromatic carbocycles. The summed E-state index contributed by atoms with van der Waals surface area (Å²) in [5, 5.41) is 0. The standard InChI is InChI=1S/C12H15NO2/c1-15-12(14)10-6-5-9(7-11(10)13)8-3-2-4-8/h5-8H,2-4,13H2,1H3. The number of nitrogens with two attached hydrogens (primary N) is 1. The lowest BCUT2D eigenvalue weighted by Crippen LogP contribution is -2.11. The number of benzene rings is 1. The normalized spacial score (nSPS) is 15.8. The zero-order valence-corrected chi connectivity index (χ0v) is 8.82. The van der Waals surface area contributed by atoms with E-state index < -0.39 is 0 Å². The van der Waals surface area contributed by atoms with Crippen LogP contribution in [0.3, 0.4) is 0 Å². The summed E-state index contributed by atoms with van der Waals surface area (Å²) in [5.41, 5.74) is 8.03. The second kappa shape index (κ2) is 3.93. The van der Waals surface area contributed by atoms with Crippen LogP contribution >= 0.6 is 0 Å². The van der Waals surface area contributed by atoms with E-state index in [1.807, 2.05) is 12.1 Å². The van der Waals surface area contributed by atoms with Crippen molar-refractivity contribution in [2.24, 2.45) is 0 Å². The third-order valence-electron chi connectivity index (χ3n) is 3.06. The fourth-order valence-corrected chi connectivity index (χ4v) is 1.87. The Morgan fingerprint density at radius 1 is 1.47 bits per heavy atom. The highest BCUT2D eigenvalue weighted by Gasteiger charge is 2.20. The molecule has 1 aromatic rings. The van der Waals surface area contributed by atoms with E-state index in [1.165, 1.54) is 31.9 Å². The summed E-state index contributed by atoms with van der Waals surface area (Å²) in [5.74, 6) is 0.270. The van der Waals surface area contributed by atoms with Crippen molar-refractivity contribution >= 4 is 11.7 Å². The predicted octanol–water partition coefficient (Wildman–Crippen LogP) is 2.32. The van der Waals surface area contributed by atoms with Crippen molar-refractivity contribution in [1.29, 1.82) is 0 Å². The molecule has 0 saturated heterocycles. The maximum absolute atomic E-state index is 11.3. The van der Waals surface area contributed by atoms with E-state index in [4.69, 9.17) is 5.73 Å². The van der Waals surface area contributed by atoms with Gasteiger partial charge in [0, 0.05) is 5.69 Å². The second-order valence-electron chi connectivity index (χ2n) is 3.97. The second-order valence-corrected chi connectivity index (χ2v) is 3.97. The highest BCUT2D eigenvalue weighted by Crippen LogP contribution is 2.37. The quantitative estimate of drug-likeness (QED) is 0.595. The first-order chi connectivity index (χ1) is 7.22. The van der Waals surface area contributed by atoms with E-state index in [1.54, 1.807) is 6.07 Å². The molecule has 1 saturated carbocycles. The molecule has 2 rings (SSSR count). The SMILES string of the molecule is COC(=O)c1ccc(C2CCC2)cc1N. The van der Waals surface area contributed by atoms with E-state index in [0.717, 1.165) is 0 Å². The van der Waals surface area contributed by atoms with Gasteiger partial charge < -0.3 is 10.5 Å². The van der Waals surface area contributed by atoms with Crippen molar-refractivity contribution in [2.75, 3.05) is 12.8 Å². The highest BCUT2D eigenvalue weighted by molar-refractivity contribution is 5.95. The molecule has 0 unspecified atom stereocenters. The predicted molar refractivity (Wildman–Crippen MR) is 58.8 cm³/mol. The molecule has 3 heteroatoms. The third-order valence-corrected chi connectivity index (χ3v) is 3.06. The highest BCUT2D eigenvalue weighted by atomic mass is 16.5. The molecule has 0 aromatic heterocycles. The number of esters is 1. The molecule has 0 atom stereocenters. The Morgan fingerprint density at radius 2 is 2.20 bits per heavy atom. The maximum atomic E-state index is 11.3. The van der Waals surface area contributed by atoms with Crippen molar-refractivity contribution in [3.05, 3.63) is 29.3 Å². The van der Waals surface area contributed by atoms with Gasteiger partial charge >= 0.3 is 5.97 Å². The molecule has 1 aliphatic rings. The van der Waals surface area contributed by atoms with Gasteiger partial charge in [0.1, 0.15) is 0 Å². The lowest BCUT2D eigenvalue weighted by molar-refractivity contribution is 0.0602. The Balaban J connectivity index is 2.25. The van der Waals surface area contributed by atoms with Crippen LogP contribution in [0.2, 0.25) is 0 Å². The smallest absolute Gasteiger partial charge is 0.339 e. The summed E-state index contributed by atoms with van der Waals surface area (Å²) < 4.78 is 4.64. The number of hydrogen-bond donors (Lipinski definition) is 1. The Kier molecular flexibility index (Phi) is 2.62. The molecule has 2 N–H and O–H groups in total. The minimum atomic E-state index is -0.368. The van der Waals surface area contributed by atoms with Crippen LogP contribution < -0.4 is 5.73 Å². The first-order valence-corrected chi connectivity index (χ1v) is 5.20. The van der Waals surface area contributed by atoms with E-state index >= 15 is 0 Å². The van der Waals surface area contributed by atoms with Crippen molar-refractivity contribution in [1.82, 2.24) is 0 Å². The lowest BCUT2D eigenvalue weighted by atomic mass is 9.80. The van der Waals surface area contributed by atoms with Gasteiger partial charge in [-0.3, -0.25) is 0 Å². The summed E-state index contributed by atoms with van der Waals surface area (Å²) in [7, 11) is 1.36. The van der Waals surface area contributed by atoms with E-state index in [9.17, 15) is 4.79 Å². The Morgan fingerprint density at radius 3 is 2.67 bits per heavy atom. The molecule has 0 heterocycles. The Hall–Kier alpha value is -1.51. The van der Waals surface area contributed by atoms with E-state index in [0.29, 0.717) is 17.2 Å². The molecule has 0 amide bonds. The van der Waals surface area contributed by atoms with Gasteiger partial charge in [0.15, 0.2) is 0 Å². The van der Waals surface area contributed by atoms with Crippen LogP contribution in [0.25, 0.3) is 0 Å². The first-order valence-electron chi connectivity index (χ1n) is 5.20. The minimum absolute atomic E-state index is 0.368. The zero-order valence-electron chi connectivity index (χ0n) is 8.82.